The van der Waals surface area contributed by atoms with Crippen LogP contribution in [0.15, 0.2) is 18.3 Å². The third-order valence-electron chi connectivity index (χ3n) is 3.71. The van der Waals surface area contributed by atoms with Gasteiger partial charge >= 0.3 is 0 Å². The third kappa shape index (κ3) is 2.88. The van der Waals surface area contributed by atoms with Gasteiger partial charge in [0.15, 0.2) is 0 Å². The monoisotopic (exact) mass is 247 g/mol. The van der Waals surface area contributed by atoms with Gasteiger partial charge in [-0.3, -0.25) is 14.7 Å². The highest BCUT2D eigenvalue weighted by Gasteiger charge is 2.23. The van der Waals surface area contributed by atoms with Crippen LogP contribution in [0.2, 0.25) is 0 Å². The summed E-state index contributed by atoms with van der Waals surface area (Å²) in [4.78, 5) is 19.9. The van der Waals surface area contributed by atoms with E-state index in [1.54, 1.807) is 6.92 Å². The van der Waals surface area contributed by atoms with E-state index >= 15 is 0 Å². The second kappa shape index (κ2) is 5.48. The molecule has 0 spiro atoms. The van der Waals surface area contributed by atoms with E-state index in [0.717, 1.165) is 31.9 Å². The molecule has 1 aliphatic heterocycles. The molecule has 1 aliphatic rings. The Kier molecular flexibility index (Phi) is 3.97. The van der Waals surface area contributed by atoms with Crippen molar-refractivity contribution in [2.24, 2.45) is 0 Å². The Balaban J connectivity index is 1.99. The third-order valence-corrected chi connectivity index (χ3v) is 3.71. The van der Waals surface area contributed by atoms with Crippen molar-refractivity contribution in [1.82, 2.24) is 14.8 Å². The predicted molar refractivity (Wildman–Crippen MR) is 71.2 cm³/mol. The molecule has 0 aromatic carbocycles. The maximum atomic E-state index is 11.3. The molecule has 1 saturated heterocycles. The maximum absolute atomic E-state index is 11.3. The fourth-order valence-electron chi connectivity index (χ4n) is 2.46. The summed E-state index contributed by atoms with van der Waals surface area (Å²) in [5.41, 5.74) is 2.36. The summed E-state index contributed by atoms with van der Waals surface area (Å²) in [5, 5.41) is 0. The molecule has 0 bridgehead atoms. The average Bonchev–Trinajstić information content (AvgIpc) is 2.38. The number of piperazine rings is 1. The van der Waals surface area contributed by atoms with Gasteiger partial charge in [0.1, 0.15) is 0 Å². The Hall–Kier alpha value is -1.42. The van der Waals surface area contributed by atoms with Crippen LogP contribution in [0.5, 0.6) is 0 Å². The molecule has 4 nitrogen and oxygen atoms in total. The van der Waals surface area contributed by atoms with Crippen molar-refractivity contribution < 1.29 is 4.79 Å². The van der Waals surface area contributed by atoms with Crippen LogP contribution in [0, 0.1) is 6.92 Å². The first-order chi connectivity index (χ1) is 8.58. The maximum Gasteiger partial charge on any atom is 0.219 e. The standard InChI is InChI=1S/C14H21N3O/c1-11-10-14(4-5-15-11)12(2)16-6-8-17(9-7-16)13(3)18/h4-5,10,12H,6-9H2,1-3H3. The first-order valence-corrected chi connectivity index (χ1v) is 6.50. The molecular weight excluding hydrogens is 226 g/mol. The molecule has 4 heteroatoms. The number of rotatable bonds is 2. The van der Waals surface area contributed by atoms with E-state index in [1.807, 2.05) is 18.0 Å². The number of aromatic nitrogens is 1. The van der Waals surface area contributed by atoms with E-state index in [0.29, 0.717) is 6.04 Å². The van der Waals surface area contributed by atoms with E-state index in [2.05, 4.69) is 28.9 Å². The quantitative estimate of drug-likeness (QED) is 0.796. The Morgan fingerprint density at radius 3 is 2.56 bits per heavy atom. The van der Waals surface area contributed by atoms with Crippen LogP contribution >= 0.6 is 0 Å². The number of hydrogen-bond acceptors (Lipinski definition) is 3. The van der Waals surface area contributed by atoms with Crippen molar-refractivity contribution >= 4 is 5.91 Å². The number of amides is 1. The Bertz CT molecular complexity index is 425. The summed E-state index contributed by atoms with van der Waals surface area (Å²) < 4.78 is 0. The molecule has 2 rings (SSSR count). The lowest BCUT2D eigenvalue weighted by Gasteiger charge is -2.37. The highest BCUT2D eigenvalue weighted by molar-refractivity contribution is 5.73. The number of pyridine rings is 1. The van der Waals surface area contributed by atoms with Crippen LogP contribution < -0.4 is 0 Å². The first kappa shape index (κ1) is 13.0. The molecule has 0 saturated carbocycles. The molecule has 18 heavy (non-hydrogen) atoms. The van der Waals surface area contributed by atoms with Crippen LogP contribution in [0.3, 0.4) is 0 Å². The Morgan fingerprint density at radius 1 is 1.33 bits per heavy atom. The fourth-order valence-corrected chi connectivity index (χ4v) is 2.46. The van der Waals surface area contributed by atoms with E-state index < -0.39 is 0 Å². The zero-order valence-electron chi connectivity index (χ0n) is 11.4. The summed E-state index contributed by atoms with van der Waals surface area (Å²) in [6, 6.07) is 4.61. The van der Waals surface area contributed by atoms with Crippen molar-refractivity contribution in [3.05, 3.63) is 29.6 Å². The molecule has 0 N–H and O–H groups in total. The van der Waals surface area contributed by atoms with Gasteiger partial charge in [-0.25, -0.2) is 0 Å². The van der Waals surface area contributed by atoms with Gasteiger partial charge < -0.3 is 4.90 Å². The van der Waals surface area contributed by atoms with Crippen LogP contribution in [-0.4, -0.2) is 46.9 Å². The smallest absolute Gasteiger partial charge is 0.219 e. The fraction of sp³-hybridized carbons (Fsp3) is 0.571. The summed E-state index contributed by atoms with van der Waals surface area (Å²) in [5.74, 6) is 0.182. The van der Waals surface area contributed by atoms with Gasteiger partial charge in [-0.15, -0.1) is 0 Å². The minimum absolute atomic E-state index is 0.182. The lowest BCUT2D eigenvalue weighted by molar-refractivity contribution is -0.130. The first-order valence-electron chi connectivity index (χ1n) is 6.50. The van der Waals surface area contributed by atoms with Crippen LogP contribution in [0.1, 0.15) is 31.1 Å². The molecule has 1 unspecified atom stereocenters. The number of aryl methyl sites for hydroxylation is 1. The lowest BCUT2D eigenvalue weighted by atomic mass is 10.1. The van der Waals surface area contributed by atoms with E-state index in [-0.39, 0.29) is 5.91 Å². The Morgan fingerprint density at radius 2 is 2.00 bits per heavy atom. The molecule has 1 fully saturated rings. The Labute approximate surface area is 109 Å². The molecule has 0 radical (unpaired) electrons. The molecule has 1 amide bonds. The summed E-state index contributed by atoms with van der Waals surface area (Å²) in [6.45, 7) is 9.45. The van der Waals surface area contributed by atoms with Crippen molar-refractivity contribution in [2.75, 3.05) is 26.2 Å². The van der Waals surface area contributed by atoms with Gasteiger partial charge in [0, 0.05) is 51.0 Å². The molecule has 2 heterocycles. The van der Waals surface area contributed by atoms with Gasteiger partial charge in [0.05, 0.1) is 0 Å². The highest BCUT2D eigenvalue weighted by atomic mass is 16.2. The highest BCUT2D eigenvalue weighted by Crippen LogP contribution is 2.21. The van der Waals surface area contributed by atoms with E-state index in [4.69, 9.17) is 0 Å². The molecular formula is C14H21N3O. The number of carbonyl (C=O) groups is 1. The van der Waals surface area contributed by atoms with Gasteiger partial charge in [0.25, 0.3) is 0 Å². The van der Waals surface area contributed by atoms with Crippen molar-refractivity contribution in [3.63, 3.8) is 0 Å². The van der Waals surface area contributed by atoms with Crippen molar-refractivity contribution in [3.8, 4) is 0 Å². The second-order valence-electron chi connectivity index (χ2n) is 4.95. The van der Waals surface area contributed by atoms with E-state index in [9.17, 15) is 4.79 Å². The zero-order valence-corrected chi connectivity index (χ0v) is 11.4. The zero-order chi connectivity index (χ0) is 13.1. The number of carbonyl (C=O) groups excluding carboxylic acids is 1. The molecule has 1 aromatic rings. The minimum atomic E-state index is 0.182. The van der Waals surface area contributed by atoms with E-state index in [1.165, 1.54) is 5.56 Å². The number of nitrogens with zero attached hydrogens (tertiary/aromatic N) is 3. The second-order valence-corrected chi connectivity index (χ2v) is 4.95. The van der Waals surface area contributed by atoms with Crippen molar-refractivity contribution in [2.45, 2.75) is 26.8 Å². The predicted octanol–water partition coefficient (Wildman–Crippen LogP) is 1.62. The lowest BCUT2D eigenvalue weighted by Crippen LogP contribution is -2.48. The SMILES string of the molecule is CC(=O)N1CCN(C(C)c2ccnc(C)c2)CC1. The van der Waals surface area contributed by atoms with Gasteiger partial charge in [0.2, 0.25) is 5.91 Å². The molecule has 0 aliphatic carbocycles. The van der Waals surface area contributed by atoms with Crippen LogP contribution in [0.25, 0.3) is 0 Å². The number of hydrogen-bond donors (Lipinski definition) is 0. The largest absolute Gasteiger partial charge is 0.340 e. The average molecular weight is 247 g/mol. The van der Waals surface area contributed by atoms with Gasteiger partial charge in [-0.1, -0.05) is 0 Å². The van der Waals surface area contributed by atoms with Crippen LogP contribution in [0.4, 0.5) is 0 Å². The summed E-state index contributed by atoms with van der Waals surface area (Å²) in [7, 11) is 0. The van der Waals surface area contributed by atoms with Gasteiger partial charge in [-0.05, 0) is 31.5 Å². The van der Waals surface area contributed by atoms with Crippen LogP contribution in [-0.2, 0) is 4.79 Å². The normalized spacial score (nSPS) is 18.7. The molecule has 1 atom stereocenters. The minimum Gasteiger partial charge on any atom is -0.340 e. The van der Waals surface area contributed by atoms with Gasteiger partial charge in [-0.2, -0.15) is 0 Å². The molecule has 98 valence electrons. The molecule has 1 aromatic heterocycles. The summed E-state index contributed by atoms with van der Waals surface area (Å²) >= 11 is 0. The topological polar surface area (TPSA) is 36.4 Å². The van der Waals surface area contributed by atoms with Crippen molar-refractivity contribution in [1.29, 1.82) is 0 Å². The summed E-state index contributed by atoms with van der Waals surface area (Å²) in [6.07, 6.45) is 1.87.